The van der Waals surface area contributed by atoms with E-state index in [2.05, 4.69) is 39.5 Å². The van der Waals surface area contributed by atoms with Crippen LogP contribution in [0.4, 0.5) is 0 Å². The first-order chi connectivity index (χ1) is 10.9. The molecule has 6 unspecified atom stereocenters. The number of β-amino-alcohol motifs (C(OH)–C–C–N with tert-alkyl or cyclic N) is 1. The van der Waals surface area contributed by atoms with E-state index < -0.39 is 6.10 Å². The fourth-order valence-electron chi connectivity index (χ4n) is 4.23. The van der Waals surface area contributed by atoms with Crippen molar-refractivity contribution in [3.05, 3.63) is 0 Å². The summed E-state index contributed by atoms with van der Waals surface area (Å²) in [5.41, 5.74) is 0. The van der Waals surface area contributed by atoms with Crippen molar-refractivity contribution in [2.75, 3.05) is 26.4 Å². The van der Waals surface area contributed by atoms with Crippen molar-refractivity contribution in [1.82, 2.24) is 4.90 Å². The zero-order chi connectivity index (χ0) is 17.0. The second-order valence-corrected chi connectivity index (χ2v) is 8.28. The molecule has 1 aliphatic heterocycles. The maximum Gasteiger partial charge on any atom is 0.0900 e. The summed E-state index contributed by atoms with van der Waals surface area (Å²) in [4.78, 5) is 2.35. The quantitative estimate of drug-likeness (QED) is 0.814. The predicted octanol–water partition coefficient (Wildman–Crippen LogP) is 2.93. The van der Waals surface area contributed by atoms with E-state index in [1.165, 1.54) is 12.8 Å². The SMILES string of the molecule is CC1CCC(C(C)C)C(OCC(O)CN2C(C)COCC2C)C1. The smallest absolute Gasteiger partial charge is 0.0900 e. The van der Waals surface area contributed by atoms with Gasteiger partial charge in [-0.3, -0.25) is 4.90 Å². The topological polar surface area (TPSA) is 41.9 Å². The first-order valence-electron chi connectivity index (χ1n) is 9.51. The summed E-state index contributed by atoms with van der Waals surface area (Å²) in [6.07, 6.45) is 3.61. The minimum absolute atomic E-state index is 0.313. The molecule has 0 bridgehead atoms. The largest absolute Gasteiger partial charge is 0.389 e. The summed E-state index contributed by atoms with van der Waals surface area (Å²) in [6, 6.07) is 0.734. The molecule has 2 rings (SSSR count). The van der Waals surface area contributed by atoms with E-state index >= 15 is 0 Å². The Bertz CT molecular complexity index is 340. The molecule has 1 aliphatic carbocycles. The molecule has 1 heterocycles. The van der Waals surface area contributed by atoms with Crippen molar-refractivity contribution in [2.24, 2.45) is 17.8 Å². The number of aliphatic hydroxyl groups excluding tert-OH is 1. The molecule has 2 fully saturated rings. The standard InChI is InChI=1S/C19H37NO3/c1-13(2)18-7-6-14(3)8-19(18)23-12-17(21)9-20-15(4)10-22-11-16(20)5/h13-19,21H,6-12H2,1-5H3. The van der Waals surface area contributed by atoms with E-state index in [-0.39, 0.29) is 0 Å². The number of ether oxygens (including phenoxy) is 2. The summed E-state index contributed by atoms with van der Waals surface area (Å²) in [5, 5.41) is 10.5. The average Bonchev–Trinajstić information content (AvgIpc) is 2.49. The van der Waals surface area contributed by atoms with Gasteiger partial charge in [-0.25, -0.2) is 0 Å². The first kappa shape index (κ1) is 19.2. The molecule has 136 valence electrons. The predicted molar refractivity (Wildman–Crippen MR) is 93.5 cm³/mol. The molecular formula is C19H37NO3. The van der Waals surface area contributed by atoms with Crippen LogP contribution in [0.15, 0.2) is 0 Å². The van der Waals surface area contributed by atoms with Crippen LogP contribution in [0.25, 0.3) is 0 Å². The van der Waals surface area contributed by atoms with Crippen LogP contribution in [-0.2, 0) is 9.47 Å². The molecule has 0 aromatic rings. The van der Waals surface area contributed by atoms with Gasteiger partial charge in [-0.2, -0.15) is 0 Å². The van der Waals surface area contributed by atoms with E-state index in [1.807, 2.05) is 0 Å². The van der Waals surface area contributed by atoms with Crippen molar-refractivity contribution in [2.45, 2.75) is 78.2 Å². The van der Waals surface area contributed by atoms with E-state index in [4.69, 9.17) is 9.47 Å². The van der Waals surface area contributed by atoms with Crippen molar-refractivity contribution >= 4 is 0 Å². The molecule has 4 heteroatoms. The Morgan fingerprint density at radius 3 is 2.39 bits per heavy atom. The molecule has 2 aliphatic rings. The number of hydrogen-bond donors (Lipinski definition) is 1. The highest BCUT2D eigenvalue weighted by atomic mass is 16.5. The number of aliphatic hydroxyl groups is 1. The number of rotatable bonds is 6. The van der Waals surface area contributed by atoms with E-state index in [9.17, 15) is 5.11 Å². The van der Waals surface area contributed by atoms with Gasteiger partial charge in [0, 0.05) is 18.6 Å². The van der Waals surface area contributed by atoms with Gasteiger partial charge in [-0.05, 0) is 44.4 Å². The van der Waals surface area contributed by atoms with Gasteiger partial charge in [0.05, 0.1) is 32.0 Å². The lowest BCUT2D eigenvalue weighted by molar-refractivity contribution is -0.0929. The molecule has 0 spiro atoms. The summed E-state index contributed by atoms with van der Waals surface area (Å²) >= 11 is 0. The second-order valence-electron chi connectivity index (χ2n) is 8.28. The lowest BCUT2D eigenvalue weighted by atomic mass is 9.75. The van der Waals surface area contributed by atoms with Gasteiger partial charge in [0.25, 0.3) is 0 Å². The maximum atomic E-state index is 10.5. The lowest BCUT2D eigenvalue weighted by Gasteiger charge is -2.40. The normalized spacial score (nSPS) is 38.0. The Morgan fingerprint density at radius 2 is 1.78 bits per heavy atom. The van der Waals surface area contributed by atoms with E-state index in [0.29, 0.717) is 43.2 Å². The van der Waals surface area contributed by atoms with Gasteiger partial charge in [0.1, 0.15) is 0 Å². The fourth-order valence-corrected chi connectivity index (χ4v) is 4.23. The minimum atomic E-state index is -0.414. The summed E-state index contributed by atoms with van der Waals surface area (Å²) in [7, 11) is 0. The van der Waals surface area contributed by atoms with Crippen molar-refractivity contribution in [3.8, 4) is 0 Å². The van der Waals surface area contributed by atoms with Gasteiger partial charge < -0.3 is 14.6 Å². The summed E-state index contributed by atoms with van der Waals surface area (Å²) in [6.45, 7) is 13.9. The lowest BCUT2D eigenvalue weighted by Crippen LogP contribution is -2.52. The van der Waals surface area contributed by atoms with Crippen LogP contribution in [-0.4, -0.2) is 60.7 Å². The molecule has 1 saturated heterocycles. The van der Waals surface area contributed by atoms with Crippen LogP contribution in [0.3, 0.4) is 0 Å². The molecule has 0 radical (unpaired) electrons. The van der Waals surface area contributed by atoms with Crippen molar-refractivity contribution in [1.29, 1.82) is 0 Å². The Labute approximate surface area is 142 Å². The van der Waals surface area contributed by atoms with E-state index in [0.717, 1.165) is 25.6 Å². The first-order valence-corrected chi connectivity index (χ1v) is 9.51. The summed E-state index contributed by atoms with van der Waals surface area (Å²) < 4.78 is 11.8. The van der Waals surface area contributed by atoms with E-state index in [1.54, 1.807) is 0 Å². The monoisotopic (exact) mass is 327 g/mol. The molecule has 4 nitrogen and oxygen atoms in total. The highest BCUT2D eigenvalue weighted by molar-refractivity contribution is 4.83. The minimum Gasteiger partial charge on any atom is -0.389 e. The Kier molecular flexibility index (Phi) is 7.33. The highest BCUT2D eigenvalue weighted by Gasteiger charge is 2.32. The van der Waals surface area contributed by atoms with Gasteiger partial charge in [-0.1, -0.05) is 27.2 Å². The number of nitrogens with zero attached hydrogens (tertiary/aromatic N) is 1. The third kappa shape index (κ3) is 5.42. The number of morpholine rings is 1. The molecule has 1 saturated carbocycles. The van der Waals surface area contributed by atoms with Crippen LogP contribution < -0.4 is 0 Å². The van der Waals surface area contributed by atoms with Crippen LogP contribution in [0, 0.1) is 17.8 Å². The van der Waals surface area contributed by atoms with Crippen LogP contribution in [0.2, 0.25) is 0 Å². The molecule has 6 atom stereocenters. The molecular weight excluding hydrogens is 290 g/mol. The van der Waals surface area contributed by atoms with Gasteiger partial charge >= 0.3 is 0 Å². The summed E-state index contributed by atoms with van der Waals surface area (Å²) in [5.74, 6) is 2.04. The highest BCUT2D eigenvalue weighted by Crippen LogP contribution is 2.35. The zero-order valence-corrected chi connectivity index (χ0v) is 15.7. The molecule has 1 N–H and O–H groups in total. The van der Waals surface area contributed by atoms with Gasteiger partial charge in [-0.15, -0.1) is 0 Å². The molecule has 0 amide bonds. The van der Waals surface area contributed by atoms with Crippen LogP contribution in [0.1, 0.15) is 53.9 Å². The maximum absolute atomic E-state index is 10.5. The van der Waals surface area contributed by atoms with Gasteiger partial charge in [0.15, 0.2) is 0 Å². The van der Waals surface area contributed by atoms with Gasteiger partial charge in [0.2, 0.25) is 0 Å². The van der Waals surface area contributed by atoms with Crippen molar-refractivity contribution in [3.63, 3.8) is 0 Å². The Morgan fingerprint density at radius 1 is 1.13 bits per heavy atom. The third-order valence-electron chi connectivity index (χ3n) is 5.74. The van der Waals surface area contributed by atoms with Crippen LogP contribution in [0.5, 0.6) is 0 Å². The zero-order valence-electron chi connectivity index (χ0n) is 15.7. The molecule has 23 heavy (non-hydrogen) atoms. The van der Waals surface area contributed by atoms with Crippen molar-refractivity contribution < 1.29 is 14.6 Å². The second kappa shape index (κ2) is 8.80. The fraction of sp³-hybridized carbons (Fsp3) is 1.00. The Hall–Kier alpha value is -0.160. The molecule has 0 aromatic heterocycles. The third-order valence-corrected chi connectivity index (χ3v) is 5.74. The molecule has 0 aromatic carbocycles. The van der Waals surface area contributed by atoms with Crippen LogP contribution >= 0.6 is 0 Å². The Balaban J connectivity index is 1.81. The number of hydrogen-bond acceptors (Lipinski definition) is 4. The average molecular weight is 328 g/mol.